The second-order valence-electron chi connectivity index (χ2n) is 6.18. The molecular formula is C17H15ClF4N4O2. The number of hydrogen-bond donors (Lipinski definition) is 2. The Kier molecular flexibility index (Phi) is 5.71. The Bertz CT molecular complexity index is 872. The normalized spacial score (nSPS) is 16.5. The average molecular weight is 419 g/mol. The predicted molar refractivity (Wildman–Crippen MR) is 92.3 cm³/mol. The second kappa shape index (κ2) is 7.88. The van der Waals surface area contributed by atoms with E-state index >= 15 is 0 Å². The Balaban J connectivity index is 1.82. The lowest BCUT2D eigenvalue weighted by atomic mass is 9.86. The number of rotatable bonds is 3. The highest BCUT2D eigenvalue weighted by molar-refractivity contribution is 6.28. The lowest BCUT2D eigenvalue weighted by Crippen LogP contribution is -2.51. The van der Waals surface area contributed by atoms with E-state index < -0.39 is 29.1 Å². The number of nitrogens with zero attached hydrogens (tertiary/aromatic N) is 2. The maximum absolute atomic E-state index is 13.4. The van der Waals surface area contributed by atoms with Crippen LogP contribution in [0.2, 0.25) is 5.28 Å². The van der Waals surface area contributed by atoms with Gasteiger partial charge in [-0.05, 0) is 48.7 Å². The third-order valence-electron chi connectivity index (χ3n) is 4.35. The van der Waals surface area contributed by atoms with Gasteiger partial charge in [0.1, 0.15) is 5.82 Å². The largest absolute Gasteiger partial charge is 0.419 e. The Hall–Kier alpha value is -2.46. The summed E-state index contributed by atoms with van der Waals surface area (Å²) >= 11 is 5.84. The molecule has 1 aromatic carbocycles. The molecule has 1 aliphatic heterocycles. The van der Waals surface area contributed by atoms with Crippen molar-refractivity contribution in [1.29, 1.82) is 0 Å². The summed E-state index contributed by atoms with van der Waals surface area (Å²) in [7, 11) is 0. The number of anilines is 1. The number of carbonyl (C=O) groups is 1. The first-order chi connectivity index (χ1) is 13.2. The Morgan fingerprint density at radius 2 is 1.93 bits per heavy atom. The molecule has 2 heterocycles. The van der Waals surface area contributed by atoms with Crippen LogP contribution in [0, 0.1) is 5.82 Å². The molecule has 0 aliphatic carbocycles. The highest BCUT2D eigenvalue weighted by Crippen LogP contribution is 2.34. The molecule has 0 atom stereocenters. The van der Waals surface area contributed by atoms with Gasteiger partial charge in [-0.25, -0.2) is 19.2 Å². The zero-order chi connectivity index (χ0) is 20.4. The van der Waals surface area contributed by atoms with E-state index in [2.05, 4.69) is 20.6 Å². The molecule has 0 radical (unpaired) electrons. The van der Waals surface area contributed by atoms with Gasteiger partial charge >= 0.3 is 12.2 Å². The minimum atomic E-state index is -4.88. The Morgan fingerprint density at radius 1 is 1.21 bits per heavy atom. The zero-order valence-electron chi connectivity index (χ0n) is 14.3. The molecule has 0 saturated carbocycles. The van der Waals surface area contributed by atoms with Crippen molar-refractivity contribution in [3.8, 4) is 0 Å². The van der Waals surface area contributed by atoms with Gasteiger partial charge in [0.2, 0.25) is 5.28 Å². The average Bonchev–Trinajstić information content (AvgIpc) is 2.63. The smallest absolute Gasteiger partial charge is 0.381 e. The number of aromatic nitrogens is 2. The highest BCUT2D eigenvalue weighted by Gasteiger charge is 2.38. The quantitative estimate of drug-likeness (QED) is 0.581. The topological polar surface area (TPSA) is 76.1 Å². The molecule has 1 aliphatic rings. The number of urea groups is 1. The van der Waals surface area contributed by atoms with Gasteiger partial charge in [-0.15, -0.1) is 0 Å². The first-order valence-electron chi connectivity index (χ1n) is 8.22. The van der Waals surface area contributed by atoms with Crippen molar-refractivity contribution in [2.75, 3.05) is 18.5 Å². The van der Waals surface area contributed by atoms with E-state index in [1.807, 2.05) is 0 Å². The third-order valence-corrected chi connectivity index (χ3v) is 4.53. The number of amides is 2. The van der Waals surface area contributed by atoms with Crippen LogP contribution in [-0.4, -0.2) is 29.2 Å². The number of nitrogens with one attached hydrogen (secondary N) is 2. The fraction of sp³-hybridized carbons (Fsp3) is 0.353. The van der Waals surface area contributed by atoms with Crippen LogP contribution in [-0.2, 0) is 16.5 Å². The van der Waals surface area contributed by atoms with E-state index in [0.717, 1.165) is 6.07 Å². The van der Waals surface area contributed by atoms with Crippen LogP contribution in [0.25, 0.3) is 0 Å². The SMILES string of the molecule is O=C(Nc1ccc(F)c(C(F)(F)F)c1)NC1(c2ccnc(Cl)n2)CCOCC1. The van der Waals surface area contributed by atoms with E-state index in [9.17, 15) is 22.4 Å². The number of halogens is 5. The fourth-order valence-corrected chi connectivity index (χ4v) is 3.11. The first-order valence-corrected chi connectivity index (χ1v) is 8.60. The van der Waals surface area contributed by atoms with E-state index in [0.29, 0.717) is 43.9 Å². The van der Waals surface area contributed by atoms with Crippen molar-refractivity contribution < 1.29 is 27.1 Å². The Labute approximate surface area is 162 Å². The maximum Gasteiger partial charge on any atom is 0.419 e. The molecule has 28 heavy (non-hydrogen) atoms. The number of carbonyl (C=O) groups excluding carboxylic acids is 1. The van der Waals surface area contributed by atoms with E-state index in [1.165, 1.54) is 6.20 Å². The summed E-state index contributed by atoms with van der Waals surface area (Å²) in [6.07, 6.45) is -2.68. The van der Waals surface area contributed by atoms with Gasteiger partial charge in [0, 0.05) is 25.1 Å². The molecule has 1 fully saturated rings. The summed E-state index contributed by atoms with van der Waals surface area (Å²) in [5.74, 6) is -1.42. The molecule has 1 saturated heterocycles. The number of ether oxygens (including phenoxy) is 1. The van der Waals surface area contributed by atoms with E-state index in [-0.39, 0.29) is 11.0 Å². The molecule has 1 aromatic heterocycles. The van der Waals surface area contributed by atoms with E-state index in [1.54, 1.807) is 6.07 Å². The van der Waals surface area contributed by atoms with Crippen LogP contribution in [0.5, 0.6) is 0 Å². The van der Waals surface area contributed by atoms with Gasteiger partial charge in [0.05, 0.1) is 16.8 Å². The van der Waals surface area contributed by atoms with Gasteiger partial charge in [0.15, 0.2) is 0 Å². The summed E-state index contributed by atoms with van der Waals surface area (Å²) in [4.78, 5) is 20.4. The number of alkyl halides is 3. The van der Waals surface area contributed by atoms with Crippen LogP contribution >= 0.6 is 11.6 Å². The monoisotopic (exact) mass is 418 g/mol. The van der Waals surface area contributed by atoms with Crippen LogP contribution in [0.3, 0.4) is 0 Å². The van der Waals surface area contributed by atoms with Crippen molar-refractivity contribution in [1.82, 2.24) is 15.3 Å². The van der Waals surface area contributed by atoms with Crippen molar-refractivity contribution in [2.24, 2.45) is 0 Å². The van der Waals surface area contributed by atoms with Crippen molar-refractivity contribution >= 4 is 23.3 Å². The standard InChI is InChI=1S/C17H15ClF4N4O2/c18-14-23-6-3-13(25-14)16(4-7-28-8-5-16)26-15(27)24-10-1-2-12(19)11(9-10)17(20,21)22/h1-3,6,9H,4-5,7-8H2,(H2,24,26,27). The molecule has 3 rings (SSSR count). The lowest BCUT2D eigenvalue weighted by Gasteiger charge is -2.37. The fourth-order valence-electron chi connectivity index (χ4n) is 2.97. The second-order valence-corrected chi connectivity index (χ2v) is 6.51. The summed E-state index contributed by atoms with van der Waals surface area (Å²) in [5.41, 5.74) is -2.13. The molecule has 150 valence electrons. The van der Waals surface area contributed by atoms with Crippen LogP contribution in [0.4, 0.5) is 28.0 Å². The summed E-state index contributed by atoms with van der Waals surface area (Å²) in [5, 5.41) is 5.05. The maximum atomic E-state index is 13.4. The molecule has 2 N–H and O–H groups in total. The first kappa shape index (κ1) is 20.3. The van der Waals surface area contributed by atoms with Gasteiger partial charge in [0.25, 0.3) is 0 Å². The summed E-state index contributed by atoms with van der Waals surface area (Å²) < 4.78 is 57.3. The molecule has 2 aromatic rings. The van der Waals surface area contributed by atoms with Crippen LogP contribution < -0.4 is 10.6 Å². The van der Waals surface area contributed by atoms with Crippen molar-refractivity contribution in [3.05, 3.63) is 52.8 Å². The van der Waals surface area contributed by atoms with Gasteiger partial charge in [-0.3, -0.25) is 0 Å². The molecular weight excluding hydrogens is 404 g/mol. The van der Waals surface area contributed by atoms with Crippen molar-refractivity contribution in [3.63, 3.8) is 0 Å². The van der Waals surface area contributed by atoms with Crippen molar-refractivity contribution in [2.45, 2.75) is 24.6 Å². The summed E-state index contributed by atoms with van der Waals surface area (Å²) in [6.45, 7) is 0.688. The van der Waals surface area contributed by atoms with E-state index in [4.69, 9.17) is 16.3 Å². The van der Waals surface area contributed by atoms with Gasteiger partial charge < -0.3 is 15.4 Å². The molecule has 11 heteroatoms. The molecule has 2 amide bonds. The number of hydrogen-bond acceptors (Lipinski definition) is 4. The van der Waals surface area contributed by atoms with Crippen LogP contribution in [0.1, 0.15) is 24.1 Å². The molecule has 0 unspecified atom stereocenters. The van der Waals surface area contributed by atoms with Gasteiger partial charge in [-0.2, -0.15) is 13.2 Å². The highest BCUT2D eigenvalue weighted by atomic mass is 35.5. The lowest BCUT2D eigenvalue weighted by molar-refractivity contribution is -0.139. The predicted octanol–water partition coefficient (Wildman–Crippen LogP) is 4.12. The minimum absolute atomic E-state index is 0.000992. The number of benzene rings is 1. The van der Waals surface area contributed by atoms with Crippen LogP contribution in [0.15, 0.2) is 30.5 Å². The third kappa shape index (κ3) is 4.50. The zero-order valence-corrected chi connectivity index (χ0v) is 15.1. The molecule has 0 spiro atoms. The minimum Gasteiger partial charge on any atom is -0.381 e. The molecule has 6 nitrogen and oxygen atoms in total. The summed E-state index contributed by atoms with van der Waals surface area (Å²) in [6, 6.07) is 3.05. The Morgan fingerprint density at radius 3 is 2.57 bits per heavy atom. The molecule has 0 bridgehead atoms. The van der Waals surface area contributed by atoms with Gasteiger partial charge in [-0.1, -0.05) is 0 Å².